The van der Waals surface area contributed by atoms with Crippen LogP contribution in [0.3, 0.4) is 0 Å². The van der Waals surface area contributed by atoms with Gasteiger partial charge in [0.05, 0.1) is 53.7 Å². The molecule has 9 nitrogen and oxygen atoms in total. The van der Waals surface area contributed by atoms with E-state index in [0.717, 1.165) is 4.90 Å². The molecule has 0 bridgehead atoms. The molecule has 1 aliphatic carbocycles. The van der Waals surface area contributed by atoms with Crippen LogP contribution in [-0.2, 0) is 19.1 Å². The van der Waals surface area contributed by atoms with Crippen molar-refractivity contribution in [3.63, 3.8) is 0 Å². The van der Waals surface area contributed by atoms with Crippen LogP contribution >= 0.6 is 23.2 Å². The number of carbonyl (C=O) groups is 4. The minimum atomic E-state index is -0.785. The molecule has 1 saturated heterocycles. The van der Waals surface area contributed by atoms with E-state index in [1.807, 2.05) is 0 Å². The second-order valence-corrected chi connectivity index (χ2v) is 9.59. The number of nitrogens with zero attached hydrogens (tertiary/aromatic N) is 1. The van der Waals surface area contributed by atoms with Crippen molar-refractivity contribution in [2.45, 2.75) is 23.6 Å². The number of anilines is 2. The van der Waals surface area contributed by atoms with Crippen molar-refractivity contribution in [3.05, 3.63) is 48.0 Å². The summed E-state index contributed by atoms with van der Waals surface area (Å²) in [6, 6.07) is 10.8. The van der Waals surface area contributed by atoms with Crippen LogP contribution < -0.4 is 19.7 Å². The summed E-state index contributed by atoms with van der Waals surface area (Å²) in [5.74, 6) is -2.24. The highest BCUT2D eigenvalue weighted by Crippen LogP contribution is 2.43. The number of hydrogen-bond donors (Lipinski definition) is 1. The Kier molecular flexibility index (Phi) is 7.70. The number of imide groups is 1. The van der Waals surface area contributed by atoms with Gasteiger partial charge < -0.3 is 19.5 Å². The van der Waals surface area contributed by atoms with Crippen LogP contribution in [0.2, 0.25) is 0 Å². The summed E-state index contributed by atoms with van der Waals surface area (Å²) >= 11 is 12.5. The van der Waals surface area contributed by atoms with Gasteiger partial charge in [-0.05, 0) is 43.2 Å². The molecule has 1 heterocycles. The van der Waals surface area contributed by atoms with E-state index in [0.29, 0.717) is 30.0 Å². The topological polar surface area (TPSA) is 111 Å². The Morgan fingerprint density at radius 2 is 1.64 bits per heavy atom. The highest BCUT2D eigenvalue weighted by molar-refractivity contribution is 6.31. The summed E-state index contributed by atoms with van der Waals surface area (Å²) in [4.78, 5) is 52.0. The maximum Gasteiger partial charge on any atom is 0.338 e. The third-order valence-corrected chi connectivity index (χ3v) is 7.36. The van der Waals surface area contributed by atoms with E-state index in [1.165, 1.54) is 32.4 Å². The van der Waals surface area contributed by atoms with Crippen molar-refractivity contribution in [2.24, 2.45) is 11.8 Å². The van der Waals surface area contributed by atoms with E-state index in [-0.39, 0.29) is 23.1 Å². The summed E-state index contributed by atoms with van der Waals surface area (Å²) in [7, 11) is 2.96. The van der Waals surface area contributed by atoms with Gasteiger partial charge in [-0.2, -0.15) is 0 Å². The lowest BCUT2D eigenvalue weighted by atomic mass is 9.80. The monoisotopic (exact) mass is 534 g/mol. The van der Waals surface area contributed by atoms with Crippen molar-refractivity contribution in [1.29, 1.82) is 0 Å². The van der Waals surface area contributed by atoms with Crippen molar-refractivity contribution in [1.82, 2.24) is 0 Å². The molecule has 1 aliphatic heterocycles. The average Bonchev–Trinajstić information content (AvgIpc) is 3.11. The van der Waals surface area contributed by atoms with Gasteiger partial charge in [-0.1, -0.05) is 6.07 Å². The number of amides is 3. The largest absolute Gasteiger partial charge is 0.497 e. The van der Waals surface area contributed by atoms with Crippen molar-refractivity contribution in [2.75, 3.05) is 31.0 Å². The molecule has 2 fully saturated rings. The van der Waals surface area contributed by atoms with E-state index < -0.39 is 41.1 Å². The molecule has 1 N–H and O–H groups in total. The van der Waals surface area contributed by atoms with Crippen molar-refractivity contribution in [3.8, 4) is 11.5 Å². The summed E-state index contributed by atoms with van der Waals surface area (Å²) < 4.78 is 15.5. The maximum absolute atomic E-state index is 13.0. The highest BCUT2D eigenvalue weighted by Gasteiger charge is 2.52. The van der Waals surface area contributed by atoms with Crippen LogP contribution in [0, 0.1) is 11.8 Å². The molecule has 1 saturated carbocycles. The number of halogens is 2. The van der Waals surface area contributed by atoms with Gasteiger partial charge in [0, 0.05) is 6.07 Å². The first-order valence-corrected chi connectivity index (χ1v) is 12.1. The number of alkyl halides is 2. The highest BCUT2D eigenvalue weighted by atomic mass is 35.5. The van der Waals surface area contributed by atoms with E-state index in [1.54, 1.807) is 24.3 Å². The number of rotatable bonds is 7. The lowest BCUT2D eigenvalue weighted by Crippen LogP contribution is -2.34. The lowest BCUT2D eigenvalue weighted by Gasteiger charge is -2.28. The summed E-state index contributed by atoms with van der Waals surface area (Å²) in [5, 5.41) is 1.82. The molecule has 3 amide bonds. The number of benzene rings is 2. The predicted molar refractivity (Wildman–Crippen MR) is 133 cm³/mol. The zero-order valence-corrected chi connectivity index (χ0v) is 21.0. The molecule has 4 rings (SSSR count). The van der Waals surface area contributed by atoms with Crippen molar-refractivity contribution < 1.29 is 33.4 Å². The lowest BCUT2D eigenvalue weighted by molar-refractivity contribution is -0.122. The minimum absolute atomic E-state index is 0.0863. The molecule has 2 aromatic carbocycles. The van der Waals surface area contributed by atoms with E-state index >= 15 is 0 Å². The minimum Gasteiger partial charge on any atom is -0.497 e. The van der Waals surface area contributed by atoms with E-state index in [2.05, 4.69) is 5.32 Å². The SMILES string of the molecule is COc1ccc(NC(=O)COC(=O)c2cccc(N3C(=O)[C@@H]4C[C@@H](Cl)[C@@H](Cl)C[C@H]4C3=O)c2)c(OC)c1. The number of nitrogens with one attached hydrogen (secondary N) is 1. The van der Waals surface area contributed by atoms with Crippen LogP contribution in [0.5, 0.6) is 11.5 Å². The Bertz CT molecular complexity index is 1180. The molecule has 36 heavy (non-hydrogen) atoms. The van der Waals surface area contributed by atoms with Gasteiger partial charge in [-0.3, -0.25) is 19.3 Å². The maximum atomic E-state index is 13.0. The summed E-state index contributed by atoms with van der Waals surface area (Å²) in [6.45, 7) is -0.557. The number of fused-ring (bicyclic) bond motifs is 1. The Morgan fingerprint density at radius 3 is 2.25 bits per heavy atom. The molecule has 0 radical (unpaired) electrons. The molecule has 0 spiro atoms. The van der Waals surface area contributed by atoms with Crippen LogP contribution in [0.1, 0.15) is 23.2 Å². The normalized spacial score (nSPS) is 23.2. The van der Waals surface area contributed by atoms with Crippen molar-refractivity contribution >= 4 is 58.3 Å². The fraction of sp³-hybridized carbons (Fsp3) is 0.360. The van der Waals surface area contributed by atoms with Crippen LogP contribution in [0.4, 0.5) is 11.4 Å². The first-order valence-electron chi connectivity index (χ1n) is 11.2. The van der Waals surface area contributed by atoms with Crippen LogP contribution in [0.25, 0.3) is 0 Å². The Hall–Kier alpha value is -3.30. The summed E-state index contributed by atoms with van der Waals surface area (Å²) in [5.41, 5.74) is 0.717. The zero-order chi connectivity index (χ0) is 26.0. The quantitative estimate of drug-likeness (QED) is 0.328. The fourth-order valence-electron chi connectivity index (χ4n) is 4.42. The third-order valence-electron chi connectivity index (χ3n) is 6.27. The Balaban J connectivity index is 1.41. The van der Waals surface area contributed by atoms with Gasteiger partial charge in [0.25, 0.3) is 5.91 Å². The van der Waals surface area contributed by atoms with Crippen LogP contribution in [-0.4, -0.2) is 55.3 Å². The van der Waals surface area contributed by atoms with Gasteiger partial charge in [0.1, 0.15) is 11.5 Å². The zero-order valence-electron chi connectivity index (χ0n) is 19.5. The first-order chi connectivity index (χ1) is 17.2. The average molecular weight is 535 g/mol. The second kappa shape index (κ2) is 10.8. The Morgan fingerprint density at radius 1 is 0.972 bits per heavy atom. The third kappa shape index (κ3) is 5.12. The van der Waals surface area contributed by atoms with Gasteiger partial charge in [0.15, 0.2) is 6.61 Å². The molecule has 190 valence electrons. The number of hydrogen-bond acceptors (Lipinski definition) is 7. The molecule has 2 aliphatic rings. The standard InChI is InChI=1S/C25H24Cl2N2O7/c1-34-15-6-7-20(21(9-15)35-2)28-22(30)12-36-25(33)13-4-3-5-14(8-13)29-23(31)16-10-18(26)19(27)11-17(16)24(29)32/h3-9,16-19H,10-12H2,1-2H3,(H,28,30)/t16-,17-,18-,19+/m1/s1. The van der Waals surface area contributed by atoms with Crippen LogP contribution in [0.15, 0.2) is 42.5 Å². The second-order valence-electron chi connectivity index (χ2n) is 8.47. The predicted octanol–water partition coefficient (Wildman–Crippen LogP) is 3.61. The number of esters is 1. The molecule has 0 unspecified atom stereocenters. The molecular weight excluding hydrogens is 511 g/mol. The fourth-order valence-corrected chi connectivity index (χ4v) is 5.01. The molecule has 2 aromatic rings. The summed E-state index contributed by atoms with van der Waals surface area (Å²) in [6.07, 6.45) is 0.634. The smallest absolute Gasteiger partial charge is 0.338 e. The van der Waals surface area contributed by atoms with Gasteiger partial charge in [-0.25, -0.2) is 4.79 Å². The van der Waals surface area contributed by atoms with Gasteiger partial charge in [0.2, 0.25) is 11.8 Å². The first kappa shape index (κ1) is 25.8. The van der Waals surface area contributed by atoms with Gasteiger partial charge in [-0.15, -0.1) is 23.2 Å². The number of carbonyl (C=O) groups excluding carboxylic acids is 4. The molecular formula is C25H24Cl2N2O7. The molecule has 4 atom stereocenters. The molecule has 11 heteroatoms. The molecule has 0 aromatic heterocycles. The number of ether oxygens (including phenoxy) is 3. The van der Waals surface area contributed by atoms with E-state index in [9.17, 15) is 19.2 Å². The number of methoxy groups -OCH3 is 2. The van der Waals surface area contributed by atoms with Gasteiger partial charge >= 0.3 is 5.97 Å². The van der Waals surface area contributed by atoms with E-state index in [4.69, 9.17) is 37.4 Å². The Labute approximate surface area is 217 Å².